The third-order valence-corrected chi connectivity index (χ3v) is 4.35. The Morgan fingerprint density at radius 3 is 2.47 bits per heavy atom. The first kappa shape index (κ1) is 16.2. The zero-order valence-corrected chi connectivity index (χ0v) is 13.3. The SMILES string of the molecule is CNCc1cc(S(=O)(=O)NCCC(C)(C)C)cn1C. The summed E-state index contributed by atoms with van der Waals surface area (Å²) in [4.78, 5) is 0.328. The van der Waals surface area contributed by atoms with Crippen LogP contribution in [0.3, 0.4) is 0 Å². The van der Waals surface area contributed by atoms with E-state index in [0.29, 0.717) is 18.0 Å². The number of rotatable bonds is 6. The monoisotopic (exact) mass is 287 g/mol. The summed E-state index contributed by atoms with van der Waals surface area (Å²) in [5, 5.41) is 3.02. The van der Waals surface area contributed by atoms with Gasteiger partial charge in [0.05, 0.1) is 4.90 Å². The summed E-state index contributed by atoms with van der Waals surface area (Å²) in [7, 11) is 0.283. The second-order valence-electron chi connectivity index (χ2n) is 6.02. The molecule has 0 saturated heterocycles. The van der Waals surface area contributed by atoms with Crippen molar-refractivity contribution in [2.45, 2.75) is 38.6 Å². The van der Waals surface area contributed by atoms with Crippen LogP contribution >= 0.6 is 0 Å². The molecule has 1 aromatic heterocycles. The first-order valence-corrected chi connectivity index (χ1v) is 7.93. The number of sulfonamides is 1. The van der Waals surface area contributed by atoms with Crippen LogP contribution in [0.4, 0.5) is 0 Å². The number of nitrogens with zero attached hydrogens (tertiary/aromatic N) is 1. The molecular weight excluding hydrogens is 262 g/mol. The van der Waals surface area contributed by atoms with Crippen LogP contribution in [0.5, 0.6) is 0 Å². The molecule has 1 heterocycles. The molecule has 2 N–H and O–H groups in total. The Morgan fingerprint density at radius 2 is 1.95 bits per heavy atom. The van der Waals surface area contributed by atoms with Crippen molar-refractivity contribution >= 4 is 10.0 Å². The highest BCUT2D eigenvalue weighted by atomic mass is 32.2. The number of hydrogen-bond donors (Lipinski definition) is 2. The van der Waals surface area contributed by atoms with Gasteiger partial charge in [0.15, 0.2) is 0 Å². The molecule has 110 valence electrons. The van der Waals surface area contributed by atoms with Gasteiger partial charge in [0.2, 0.25) is 10.0 Å². The minimum atomic E-state index is -3.40. The van der Waals surface area contributed by atoms with Gasteiger partial charge in [-0.25, -0.2) is 13.1 Å². The van der Waals surface area contributed by atoms with Crippen LogP contribution < -0.4 is 10.0 Å². The van der Waals surface area contributed by atoms with Gasteiger partial charge in [-0.05, 0) is 24.9 Å². The summed E-state index contributed by atoms with van der Waals surface area (Å²) in [6.07, 6.45) is 2.45. The van der Waals surface area contributed by atoms with Crippen molar-refractivity contribution in [1.82, 2.24) is 14.6 Å². The quantitative estimate of drug-likeness (QED) is 0.832. The van der Waals surface area contributed by atoms with Crippen molar-refractivity contribution in [2.75, 3.05) is 13.6 Å². The maximum Gasteiger partial charge on any atom is 0.242 e. The zero-order chi connectivity index (χ0) is 14.7. The highest BCUT2D eigenvalue weighted by molar-refractivity contribution is 7.89. The molecule has 0 bridgehead atoms. The highest BCUT2D eigenvalue weighted by Crippen LogP contribution is 2.18. The van der Waals surface area contributed by atoms with Gasteiger partial charge in [-0.3, -0.25) is 0 Å². The van der Waals surface area contributed by atoms with Crippen LogP contribution in [0.15, 0.2) is 17.2 Å². The van der Waals surface area contributed by atoms with Gasteiger partial charge in [-0.1, -0.05) is 20.8 Å². The van der Waals surface area contributed by atoms with Gasteiger partial charge < -0.3 is 9.88 Å². The third kappa shape index (κ3) is 4.97. The summed E-state index contributed by atoms with van der Waals surface area (Å²) in [6, 6.07) is 1.70. The lowest BCUT2D eigenvalue weighted by atomic mass is 9.93. The minimum absolute atomic E-state index is 0.122. The summed E-state index contributed by atoms with van der Waals surface area (Å²) in [5.74, 6) is 0. The summed E-state index contributed by atoms with van der Waals surface area (Å²) in [5.41, 5.74) is 1.06. The Labute approximate surface area is 116 Å². The van der Waals surface area contributed by atoms with Gasteiger partial charge in [-0.15, -0.1) is 0 Å². The van der Waals surface area contributed by atoms with E-state index in [0.717, 1.165) is 12.1 Å². The molecule has 19 heavy (non-hydrogen) atoms. The fraction of sp³-hybridized carbons (Fsp3) is 0.692. The molecular formula is C13H25N3O2S. The van der Waals surface area contributed by atoms with Crippen molar-refractivity contribution in [2.24, 2.45) is 12.5 Å². The Morgan fingerprint density at radius 1 is 1.32 bits per heavy atom. The minimum Gasteiger partial charge on any atom is -0.352 e. The fourth-order valence-electron chi connectivity index (χ4n) is 1.72. The normalized spacial score (nSPS) is 12.9. The van der Waals surface area contributed by atoms with Crippen LogP contribution in [0.2, 0.25) is 0 Å². The summed E-state index contributed by atoms with van der Waals surface area (Å²) < 4.78 is 28.8. The molecule has 0 spiro atoms. The molecule has 0 aromatic carbocycles. The molecule has 5 nitrogen and oxygen atoms in total. The van der Waals surface area contributed by atoms with Gasteiger partial charge in [0.1, 0.15) is 0 Å². The molecule has 1 aromatic rings. The van der Waals surface area contributed by atoms with E-state index in [1.165, 1.54) is 0 Å². The summed E-state index contributed by atoms with van der Waals surface area (Å²) >= 11 is 0. The molecule has 0 saturated carbocycles. The number of nitrogens with one attached hydrogen (secondary N) is 2. The third-order valence-electron chi connectivity index (χ3n) is 2.92. The van der Waals surface area contributed by atoms with Crippen molar-refractivity contribution in [3.05, 3.63) is 18.0 Å². The van der Waals surface area contributed by atoms with E-state index in [4.69, 9.17) is 0 Å². The average molecular weight is 287 g/mol. The second-order valence-corrected chi connectivity index (χ2v) is 7.78. The van der Waals surface area contributed by atoms with Crippen molar-refractivity contribution in [3.63, 3.8) is 0 Å². The van der Waals surface area contributed by atoms with E-state index in [9.17, 15) is 8.42 Å². The van der Waals surface area contributed by atoms with Crippen LogP contribution in [0.1, 0.15) is 32.9 Å². The van der Waals surface area contributed by atoms with E-state index in [2.05, 4.69) is 30.8 Å². The van der Waals surface area contributed by atoms with E-state index < -0.39 is 10.0 Å². The Bertz CT molecular complexity index is 512. The summed E-state index contributed by atoms with van der Waals surface area (Å²) in [6.45, 7) is 7.38. The standard InChI is InChI=1S/C13H25N3O2S/c1-13(2,3)6-7-15-19(17,18)12-8-11(9-14-4)16(5)10-12/h8,10,14-15H,6-7,9H2,1-5H3. The van der Waals surface area contributed by atoms with Crippen molar-refractivity contribution in [3.8, 4) is 0 Å². The predicted octanol–water partition coefficient (Wildman–Crippen LogP) is 1.46. The fourth-order valence-corrected chi connectivity index (χ4v) is 2.85. The first-order chi connectivity index (χ1) is 8.65. The second kappa shape index (κ2) is 6.07. The number of aromatic nitrogens is 1. The van der Waals surface area contributed by atoms with E-state index in [1.54, 1.807) is 12.3 Å². The Balaban J connectivity index is 2.75. The maximum absolute atomic E-state index is 12.1. The number of hydrogen-bond acceptors (Lipinski definition) is 3. The van der Waals surface area contributed by atoms with E-state index >= 15 is 0 Å². The predicted molar refractivity (Wildman–Crippen MR) is 77.4 cm³/mol. The van der Waals surface area contributed by atoms with Gasteiger partial charge in [0, 0.05) is 32.0 Å². The van der Waals surface area contributed by atoms with E-state index in [1.807, 2.05) is 18.7 Å². The molecule has 6 heteroatoms. The Hall–Kier alpha value is -0.850. The molecule has 0 aliphatic heterocycles. The highest BCUT2D eigenvalue weighted by Gasteiger charge is 2.18. The van der Waals surface area contributed by atoms with Gasteiger partial charge >= 0.3 is 0 Å². The van der Waals surface area contributed by atoms with E-state index in [-0.39, 0.29) is 5.41 Å². The van der Waals surface area contributed by atoms with Crippen molar-refractivity contribution in [1.29, 1.82) is 0 Å². The topological polar surface area (TPSA) is 63.1 Å². The zero-order valence-electron chi connectivity index (χ0n) is 12.4. The lowest BCUT2D eigenvalue weighted by Gasteiger charge is -2.17. The molecule has 0 fully saturated rings. The van der Waals surface area contributed by atoms with Crippen LogP contribution in [0.25, 0.3) is 0 Å². The lowest BCUT2D eigenvalue weighted by Crippen LogP contribution is -2.27. The first-order valence-electron chi connectivity index (χ1n) is 6.45. The number of aryl methyl sites for hydroxylation is 1. The van der Waals surface area contributed by atoms with Crippen molar-refractivity contribution < 1.29 is 8.42 Å². The van der Waals surface area contributed by atoms with Crippen LogP contribution in [-0.4, -0.2) is 26.6 Å². The Kier molecular flexibility index (Phi) is 5.18. The molecule has 0 unspecified atom stereocenters. The molecule has 0 aliphatic carbocycles. The van der Waals surface area contributed by atoms with Crippen LogP contribution in [-0.2, 0) is 23.6 Å². The lowest BCUT2D eigenvalue weighted by molar-refractivity contribution is 0.378. The van der Waals surface area contributed by atoms with Crippen LogP contribution in [0, 0.1) is 5.41 Å². The van der Waals surface area contributed by atoms with Gasteiger partial charge in [0.25, 0.3) is 0 Å². The maximum atomic E-state index is 12.1. The average Bonchev–Trinajstić information content (AvgIpc) is 2.59. The molecule has 1 rings (SSSR count). The van der Waals surface area contributed by atoms with Gasteiger partial charge in [-0.2, -0.15) is 0 Å². The molecule has 0 radical (unpaired) electrons. The molecule has 0 aliphatic rings. The largest absolute Gasteiger partial charge is 0.352 e. The molecule has 0 atom stereocenters. The smallest absolute Gasteiger partial charge is 0.242 e. The molecule has 0 amide bonds.